The number of aliphatic hydroxyl groups is 1. The zero-order valence-corrected chi connectivity index (χ0v) is 15.1. The summed E-state index contributed by atoms with van der Waals surface area (Å²) in [7, 11) is 1.65. The maximum absolute atomic E-state index is 12.3. The van der Waals surface area contributed by atoms with Crippen molar-refractivity contribution < 1.29 is 19.4 Å². The van der Waals surface area contributed by atoms with Gasteiger partial charge in [-0.1, -0.05) is 12.1 Å². The lowest BCUT2D eigenvalue weighted by Crippen LogP contribution is -2.37. The van der Waals surface area contributed by atoms with E-state index in [9.17, 15) is 9.90 Å². The van der Waals surface area contributed by atoms with E-state index in [1.54, 1.807) is 12.0 Å². The number of ether oxygens (including phenoxy) is 2. The van der Waals surface area contributed by atoms with Gasteiger partial charge >= 0.3 is 6.09 Å². The van der Waals surface area contributed by atoms with Gasteiger partial charge in [0.1, 0.15) is 11.4 Å². The molecule has 134 valence electrons. The molecule has 1 saturated heterocycles. The van der Waals surface area contributed by atoms with Crippen LogP contribution in [-0.4, -0.2) is 48.5 Å². The standard InChI is InChI=1S/C19H29NO4/c1-19(2,3)24-18(22)20-11-9-15(13-21)17(10-12-20)14-5-7-16(23-4)8-6-14/h5-8,15,17,21H,9-13H2,1-4H3. The van der Waals surface area contributed by atoms with Crippen molar-refractivity contribution in [3.05, 3.63) is 29.8 Å². The van der Waals surface area contributed by atoms with Gasteiger partial charge in [-0.25, -0.2) is 4.79 Å². The summed E-state index contributed by atoms with van der Waals surface area (Å²) in [6.07, 6.45) is 1.32. The molecule has 1 fully saturated rings. The quantitative estimate of drug-likeness (QED) is 0.919. The fourth-order valence-corrected chi connectivity index (χ4v) is 3.18. The Morgan fingerprint density at radius 3 is 2.38 bits per heavy atom. The van der Waals surface area contributed by atoms with Gasteiger partial charge in [0.2, 0.25) is 0 Å². The summed E-state index contributed by atoms with van der Waals surface area (Å²) in [6, 6.07) is 7.99. The van der Waals surface area contributed by atoms with Gasteiger partial charge in [-0.15, -0.1) is 0 Å². The Balaban J connectivity index is 2.09. The van der Waals surface area contributed by atoms with Gasteiger partial charge in [0.05, 0.1) is 7.11 Å². The molecule has 0 radical (unpaired) electrons. The van der Waals surface area contributed by atoms with Crippen molar-refractivity contribution in [1.82, 2.24) is 4.90 Å². The van der Waals surface area contributed by atoms with Crippen LogP contribution < -0.4 is 4.74 Å². The van der Waals surface area contributed by atoms with Crippen molar-refractivity contribution in [2.45, 2.75) is 45.1 Å². The highest BCUT2D eigenvalue weighted by atomic mass is 16.6. The molecule has 1 N–H and O–H groups in total. The smallest absolute Gasteiger partial charge is 0.410 e. The van der Waals surface area contributed by atoms with Gasteiger partial charge < -0.3 is 19.5 Å². The van der Waals surface area contributed by atoms with Crippen molar-refractivity contribution in [1.29, 1.82) is 0 Å². The second-order valence-electron chi connectivity index (χ2n) is 7.37. The number of nitrogens with zero attached hydrogens (tertiary/aromatic N) is 1. The monoisotopic (exact) mass is 335 g/mol. The Morgan fingerprint density at radius 1 is 1.21 bits per heavy atom. The number of rotatable bonds is 3. The molecule has 0 aromatic heterocycles. The molecule has 0 aliphatic carbocycles. The molecule has 1 aromatic carbocycles. The first-order chi connectivity index (χ1) is 11.3. The molecular weight excluding hydrogens is 306 g/mol. The van der Waals surface area contributed by atoms with E-state index in [0.29, 0.717) is 13.1 Å². The topological polar surface area (TPSA) is 59.0 Å². The van der Waals surface area contributed by atoms with Gasteiger partial charge in [0.25, 0.3) is 0 Å². The highest BCUT2D eigenvalue weighted by Gasteiger charge is 2.30. The number of carbonyl (C=O) groups excluding carboxylic acids is 1. The number of hydrogen-bond donors (Lipinski definition) is 1. The van der Waals surface area contributed by atoms with E-state index in [-0.39, 0.29) is 24.5 Å². The number of methoxy groups -OCH3 is 1. The van der Waals surface area contributed by atoms with Crippen molar-refractivity contribution >= 4 is 6.09 Å². The zero-order chi connectivity index (χ0) is 17.7. The van der Waals surface area contributed by atoms with Gasteiger partial charge in [-0.3, -0.25) is 0 Å². The third-order valence-electron chi connectivity index (χ3n) is 4.48. The van der Waals surface area contributed by atoms with Crippen LogP contribution in [-0.2, 0) is 4.74 Å². The van der Waals surface area contributed by atoms with Crippen molar-refractivity contribution in [3.8, 4) is 5.75 Å². The van der Waals surface area contributed by atoms with Crippen LogP contribution >= 0.6 is 0 Å². The van der Waals surface area contributed by atoms with Gasteiger partial charge in [0.15, 0.2) is 0 Å². The van der Waals surface area contributed by atoms with Crippen LogP contribution in [0.3, 0.4) is 0 Å². The first-order valence-corrected chi connectivity index (χ1v) is 8.57. The fraction of sp³-hybridized carbons (Fsp3) is 0.632. The summed E-state index contributed by atoms with van der Waals surface area (Å²) in [5.74, 6) is 1.20. The predicted octanol–water partition coefficient (Wildman–Crippen LogP) is 3.42. The van der Waals surface area contributed by atoms with Crippen molar-refractivity contribution in [2.75, 3.05) is 26.8 Å². The molecule has 0 bridgehead atoms. The molecule has 5 heteroatoms. The molecule has 24 heavy (non-hydrogen) atoms. The number of aliphatic hydroxyl groups excluding tert-OH is 1. The Labute approximate surface area is 144 Å². The Hall–Kier alpha value is -1.75. The zero-order valence-electron chi connectivity index (χ0n) is 15.1. The lowest BCUT2D eigenvalue weighted by atomic mass is 9.83. The molecule has 1 amide bonds. The molecule has 1 aromatic rings. The Kier molecular flexibility index (Phi) is 6.10. The van der Waals surface area contributed by atoms with E-state index in [4.69, 9.17) is 9.47 Å². The largest absolute Gasteiger partial charge is 0.497 e. The van der Waals surface area contributed by atoms with Crippen molar-refractivity contribution in [2.24, 2.45) is 5.92 Å². The normalized spacial score (nSPS) is 22.0. The molecule has 2 rings (SSSR count). The molecule has 0 spiro atoms. The Bertz CT molecular complexity index is 535. The van der Waals surface area contributed by atoms with Gasteiger partial charge in [0, 0.05) is 19.7 Å². The predicted molar refractivity (Wildman–Crippen MR) is 93.4 cm³/mol. The molecule has 1 aliphatic rings. The molecular formula is C19H29NO4. The summed E-state index contributed by atoms with van der Waals surface area (Å²) >= 11 is 0. The minimum atomic E-state index is -0.491. The highest BCUT2D eigenvalue weighted by molar-refractivity contribution is 5.68. The number of amides is 1. The first-order valence-electron chi connectivity index (χ1n) is 8.57. The summed E-state index contributed by atoms with van der Waals surface area (Å²) in [5, 5.41) is 9.80. The second-order valence-corrected chi connectivity index (χ2v) is 7.37. The minimum Gasteiger partial charge on any atom is -0.497 e. The van der Waals surface area contributed by atoms with Crippen LogP contribution in [0.2, 0.25) is 0 Å². The van der Waals surface area contributed by atoms with E-state index < -0.39 is 5.60 Å². The molecule has 5 nitrogen and oxygen atoms in total. The van der Waals surface area contributed by atoms with Crippen LogP contribution in [0.15, 0.2) is 24.3 Å². The van der Waals surface area contributed by atoms with Crippen LogP contribution in [0.1, 0.15) is 45.1 Å². The van der Waals surface area contributed by atoms with E-state index in [2.05, 4.69) is 12.1 Å². The molecule has 1 aliphatic heterocycles. The van der Waals surface area contributed by atoms with Gasteiger partial charge in [-0.2, -0.15) is 0 Å². The maximum Gasteiger partial charge on any atom is 0.410 e. The first kappa shape index (κ1) is 18.6. The third kappa shape index (κ3) is 4.87. The van der Waals surface area contributed by atoms with E-state index in [1.165, 1.54) is 5.56 Å². The summed E-state index contributed by atoms with van der Waals surface area (Å²) < 4.78 is 10.7. The lowest BCUT2D eigenvalue weighted by molar-refractivity contribution is 0.0253. The SMILES string of the molecule is COc1ccc(C2CCN(C(=O)OC(C)(C)C)CCC2CO)cc1. The summed E-state index contributed by atoms with van der Waals surface area (Å²) in [4.78, 5) is 14.1. The number of hydrogen-bond acceptors (Lipinski definition) is 4. The van der Waals surface area contributed by atoms with Crippen molar-refractivity contribution in [3.63, 3.8) is 0 Å². The highest BCUT2D eigenvalue weighted by Crippen LogP contribution is 2.34. The fourth-order valence-electron chi connectivity index (χ4n) is 3.18. The minimum absolute atomic E-state index is 0.124. The van der Waals surface area contributed by atoms with Crippen LogP contribution in [0.5, 0.6) is 5.75 Å². The number of likely N-dealkylation sites (tertiary alicyclic amines) is 1. The molecule has 2 unspecified atom stereocenters. The molecule has 0 saturated carbocycles. The van der Waals surface area contributed by atoms with E-state index in [0.717, 1.165) is 18.6 Å². The summed E-state index contributed by atoms with van der Waals surface area (Å²) in [5.41, 5.74) is 0.690. The van der Waals surface area contributed by atoms with E-state index >= 15 is 0 Å². The Morgan fingerprint density at radius 2 is 1.83 bits per heavy atom. The van der Waals surface area contributed by atoms with Crippen LogP contribution in [0.4, 0.5) is 4.79 Å². The van der Waals surface area contributed by atoms with Gasteiger partial charge in [-0.05, 0) is 63.1 Å². The summed E-state index contributed by atoms with van der Waals surface area (Å²) in [6.45, 7) is 7.01. The van der Waals surface area contributed by atoms with Crippen LogP contribution in [0, 0.1) is 5.92 Å². The number of benzene rings is 1. The molecule has 1 heterocycles. The third-order valence-corrected chi connectivity index (χ3v) is 4.48. The lowest BCUT2D eigenvalue weighted by Gasteiger charge is -2.26. The average molecular weight is 335 g/mol. The molecule has 2 atom stereocenters. The maximum atomic E-state index is 12.3. The average Bonchev–Trinajstić information content (AvgIpc) is 2.75. The van der Waals surface area contributed by atoms with Crippen LogP contribution in [0.25, 0.3) is 0 Å². The second kappa shape index (κ2) is 7.88. The number of carbonyl (C=O) groups is 1. The van der Waals surface area contributed by atoms with E-state index in [1.807, 2.05) is 32.9 Å².